The van der Waals surface area contributed by atoms with Crippen LogP contribution in [0.4, 0.5) is 0 Å². The smallest absolute Gasteiger partial charge is 0.306 e. The lowest BCUT2D eigenvalue weighted by molar-refractivity contribution is -0.150. The number of esters is 1. The highest BCUT2D eigenvalue weighted by Crippen LogP contribution is 2.16. The third-order valence-corrected chi connectivity index (χ3v) is 5.02. The first-order valence-electron chi connectivity index (χ1n) is 11.4. The Balaban J connectivity index is 3.60. The molecule has 25 heavy (non-hydrogen) atoms. The largest absolute Gasteiger partial charge is 0.462 e. The van der Waals surface area contributed by atoms with E-state index in [1.807, 2.05) is 0 Å². The highest BCUT2D eigenvalue weighted by atomic mass is 16.5. The zero-order chi connectivity index (χ0) is 18.6. The van der Waals surface area contributed by atoms with Gasteiger partial charge in [0, 0.05) is 6.42 Å². The SMILES string of the molecule is CCCCCCCCCCCC(=O)OC(CCC)CCCCCCC. The van der Waals surface area contributed by atoms with Crippen molar-refractivity contribution in [2.75, 3.05) is 0 Å². The van der Waals surface area contributed by atoms with Crippen LogP contribution in [0.25, 0.3) is 0 Å². The van der Waals surface area contributed by atoms with Crippen LogP contribution in [0.3, 0.4) is 0 Å². The highest BCUT2D eigenvalue weighted by Gasteiger charge is 2.13. The lowest BCUT2D eigenvalue weighted by Gasteiger charge is -2.17. The molecular weight excluding hydrogens is 308 g/mol. The van der Waals surface area contributed by atoms with Crippen LogP contribution in [0.1, 0.15) is 136 Å². The molecule has 0 bridgehead atoms. The number of hydrogen-bond donors (Lipinski definition) is 0. The molecule has 0 saturated heterocycles. The van der Waals surface area contributed by atoms with Crippen LogP contribution in [-0.2, 0) is 9.53 Å². The first-order valence-corrected chi connectivity index (χ1v) is 11.4. The molecule has 0 amide bonds. The Morgan fingerprint density at radius 3 is 1.60 bits per heavy atom. The van der Waals surface area contributed by atoms with Gasteiger partial charge in [-0.25, -0.2) is 0 Å². The van der Waals surface area contributed by atoms with Gasteiger partial charge >= 0.3 is 5.97 Å². The van der Waals surface area contributed by atoms with E-state index in [4.69, 9.17) is 4.74 Å². The summed E-state index contributed by atoms with van der Waals surface area (Å²) in [6, 6.07) is 0. The number of hydrogen-bond acceptors (Lipinski definition) is 2. The van der Waals surface area contributed by atoms with Crippen molar-refractivity contribution in [2.45, 2.75) is 142 Å². The minimum absolute atomic E-state index is 0.0370. The first-order chi connectivity index (χ1) is 12.2. The second-order valence-corrected chi connectivity index (χ2v) is 7.68. The predicted octanol–water partition coefficient (Wildman–Crippen LogP) is 7.98. The second-order valence-electron chi connectivity index (χ2n) is 7.68. The Hall–Kier alpha value is -0.530. The molecule has 0 spiro atoms. The Morgan fingerprint density at radius 1 is 0.600 bits per heavy atom. The Morgan fingerprint density at radius 2 is 1.08 bits per heavy atom. The molecule has 0 N–H and O–H groups in total. The standard InChI is InChI=1S/C23H46O2/c1-4-7-9-11-12-13-14-16-18-21-23(24)25-22(19-6-3)20-17-15-10-8-5-2/h22H,4-21H2,1-3H3. The summed E-state index contributed by atoms with van der Waals surface area (Å²) < 4.78 is 5.73. The van der Waals surface area contributed by atoms with Gasteiger partial charge in [-0.1, -0.05) is 104 Å². The van der Waals surface area contributed by atoms with Gasteiger partial charge in [0.2, 0.25) is 0 Å². The van der Waals surface area contributed by atoms with Gasteiger partial charge in [-0.05, 0) is 25.7 Å². The van der Waals surface area contributed by atoms with Crippen molar-refractivity contribution in [3.63, 3.8) is 0 Å². The average molecular weight is 355 g/mol. The summed E-state index contributed by atoms with van der Waals surface area (Å²) in [4.78, 5) is 12.0. The summed E-state index contributed by atoms with van der Waals surface area (Å²) in [5, 5.41) is 0. The fraction of sp³-hybridized carbons (Fsp3) is 0.957. The molecule has 0 heterocycles. The van der Waals surface area contributed by atoms with E-state index in [0.717, 1.165) is 25.7 Å². The zero-order valence-electron chi connectivity index (χ0n) is 17.6. The second kappa shape index (κ2) is 19.8. The van der Waals surface area contributed by atoms with Gasteiger partial charge in [0.05, 0.1) is 0 Å². The minimum Gasteiger partial charge on any atom is -0.462 e. The molecule has 1 atom stereocenters. The number of unbranched alkanes of at least 4 members (excludes halogenated alkanes) is 12. The van der Waals surface area contributed by atoms with Crippen LogP contribution in [-0.4, -0.2) is 12.1 Å². The summed E-state index contributed by atoms with van der Waals surface area (Å²) in [5.41, 5.74) is 0. The van der Waals surface area contributed by atoms with Crippen LogP contribution in [0.2, 0.25) is 0 Å². The number of carbonyl (C=O) groups is 1. The summed E-state index contributed by atoms with van der Waals surface area (Å²) in [6.07, 6.45) is 22.0. The fourth-order valence-electron chi connectivity index (χ4n) is 3.38. The molecule has 0 fully saturated rings. The molecule has 0 radical (unpaired) electrons. The fourth-order valence-corrected chi connectivity index (χ4v) is 3.38. The van der Waals surface area contributed by atoms with Crippen molar-refractivity contribution in [2.24, 2.45) is 0 Å². The maximum Gasteiger partial charge on any atom is 0.306 e. The van der Waals surface area contributed by atoms with Crippen molar-refractivity contribution in [3.8, 4) is 0 Å². The highest BCUT2D eigenvalue weighted by molar-refractivity contribution is 5.69. The molecular formula is C23H46O2. The number of rotatable bonds is 19. The van der Waals surface area contributed by atoms with Crippen LogP contribution in [0.5, 0.6) is 0 Å². The van der Waals surface area contributed by atoms with Crippen LogP contribution in [0.15, 0.2) is 0 Å². The van der Waals surface area contributed by atoms with E-state index in [1.165, 1.54) is 83.5 Å². The third-order valence-electron chi connectivity index (χ3n) is 5.02. The first kappa shape index (κ1) is 24.5. The molecule has 2 nitrogen and oxygen atoms in total. The van der Waals surface area contributed by atoms with Gasteiger partial charge in [0.15, 0.2) is 0 Å². The molecule has 2 heteroatoms. The molecule has 0 aliphatic carbocycles. The van der Waals surface area contributed by atoms with E-state index in [-0.39, 0.29) is 12.1 Å². The normalized spacial score (nSPS) is 12.3. The quantitative estimate of drug-likeness (QED) is 0.173. The summed E-state index contributed by atoms with van der Waals surface area (Å²) >= 11 is 0. The van der Waals surface area contributed by atoms with Gasteiger partial charge in [-0.2, -0.15) is 0 Å². The average Bonchev–Trinajstić information content (AvgIpc) is 2.60. The Bertz CT molecular complexity index is 275. The van der Waals surface area contributed by atoms with E-state index < -0.39 is 0 Å². The number of ether oxygens (including phenoxy) is 1. The predicted molar refractivity (Wildman–Crippen MR) is 110 cm³/mol. The molecule has 0 aromatic heterocycles. The third kappa shape index (κ3) is 18.1. The van der Waals surface area contributed by atoms with Gasteiger partial charge in [-0.15, -0.1) is 0 Å². The van der Waals surface area contributed by atoms with Crippen molar-refractivity contribution < 1.29 is 9.53 Å². The molecule has 0 aliphatic rings. The Kier molecular flexibility index (Phi) is 19.4. The van der Waals surface area contributed by atoms with Crippen LogP contribution >= 0.6 is 0 Å². The summed E-state index contributed by atoms with van der Waals surface area (Å²) in [5.74, 6) is 0.0370. The maximum atomic E-state index is 12.0. The van der Waals surface area contributed by atoms with Crippen molar-refractivity contribution >= 4 is 5.97 Å². The summed E-state index contributed by atoms with van der Waals surface area (Å²) in [6.45, 7) is 6.68. The topological polar surface area (TPSA) is 26.3 Å². The van der Waals surface area contributed by atoms with E-state index in [0.29, 0.717) is 6.42 Å². The lowest BCUT2D eigenvalue weighted by Crippen LogP contribution is -2.18. The monoisotopic (exact) mass is 354 g/mol. The van der Waals surface area contributed by atoms with Gasteiger partial charge in [0.1, 0.15) is 6.10 Å². The molecule has 0 aliphatic heterocycles. The van der Waals surface area contributed by atoms with Crippen LogP contribution < -0.4 is 0 Å². The minimum atomic E-state index is 0.0370. The van der Waals surface area contributed by atoms with E-state index in [9.17, 15) is 4.79 Å². The van der Waals surface area contributed by atoms with E-state index in [2.05, 4.69) is 20.8 Å². The maximum absolute atomic E-state index is 12.0. The van der Waals surface area contributed by atoms with Gasteiger partial charge in [-0.3, -0.25) is 4.79 Å². The lowest BCUT2D eigenvalue weighted by atomic mass is 10.0. The van der Waals surface area contributed by atoms with E-state index in [1.54, 1.807) is 0 Å². The summed E-state index contributed by atoms with van der Waals surface area (Å²) in [7, 11) is 0. The van der Waals surface area contributed by atoms with Gasteiger partial charge < -0.3 is 4.74 Å². The molecule has 150 valence electrons. The molecule has 0 aromatic rings. The molecule has 0 rings (SSSR count). The zero-order valence-corrected chi connectivity index (χ0v) is 17.6. The van der Waals surface area contributed by atoms with Gasteiger partial charge in [0.25, 0.3) is 0 Å². The van der Waals surface area contributed by atoms with Crippen molar-refractivity contribution in [1.82, 2.24) is 0 Å². The molecule has 1 unspecified atom stereocenters. The van der Waals surface area contributed by atoms with E-state index >= 15 is 0 Å². The van der Waals surface area contributed by atoms with Crippen molar-refractivity contribution in [3.05, 3.63) is 0 Å². The molecule has 0 aromatic carbocycles. The molecule has 0 saturated carbocycles. The number of carbonyl (C=O) groups excluding carboxylic acids is 1. The van der Waals surface area contributed by atoms with Crippen LogP contribution in [0, 0.1) is 0 Å². The Labute approximate surface area is 158 Å². The van der Waals surface area contributed by atoms with Crippen molar-refractivity contribution in [1.29, 1.82) is 0 Å².